The number of pyridine rings is 1. The first-order chi connectivity index (χ1) is 14.2. The van der Waals surface area contributed by atoms with Gasteiger partial charge in [-0.05, 0) is 47.9 Å². The van der Waals surface area contributed by atoms with Crippen molar-refractivity contribution >= 4 is 17.4 Å². The largest absolute Gasteiger partial charge is 0.497 e. The van der Waals surface area contributed by atoms with E-state index in [1.54, 1.807) is 26.5 Å². The van der Waals surface area contributed by atoms with E-state index in [9.17, 15) is 4.79 Å². The lowest BCUT2D eigenvalue weighted by Crippen LogP contribution is -2.15. The summed E-state index contributed by atoms with van der Waals surface area (Å²) in [6.45, 7) is 0.755. The highest BCUT2D eigenvalue weighted by Crippen LogP contribution is 2.18. The van der Waals surface area contributed by atoms with Crippen molar-refractivity contribution in [3.8, 4) is 11.5 Å². The van der Waals surface area contributed by atoms with Gasteiger partial charge in [-0.15, -0.1) is 0 Å². The molecule has 0 atom stereocenters. The van der Waals surface area contributed by atoms with Crippen LogP contribution in [-0.4, -0.2) is 31.7 Å². The molecule has 0 radical (unpaired) electrons. The van der Waals surface area contributed by atoms with E-state index in [4.69, 9.17) is 9.47 Å². The molecule has 6 heteroatoms. The molecule has 3 aromatic rings. The third-order valence-electron chi connectivity index (χ3n) is 4.47. The van der Waals surface area contributed by atoms with Gasteiger partial charge in [0.25, 0.3) is 0 Å². The highest BCUT2D eigenvalue weighted by Gasteiger charge is 2.06. The van der Waals surface area contributed by atoms with E-state index in [1.165, 1.54) is 0 Å². The van der Waals surface area contributed by atoms with Gasteiger partial charge in [0.2, 0.25) is 5.91 Å². The number of rotatable bonds is 9. The molecule has 0 spiro atoms. The molecular weight excluding hydrogens is 366 g/mol. The van der Waals surface area contributed by atoms with Gasteiger partial charge in [0.15, 0.2) is 0 Å². The first-order valence-corrected chi connectivity index (χ1v) is 9.42. The summed E-state index contributed by atoms with van der Waals surface area (Å²) in [5.74, 6) is 2.07. The Morgan fingerprint density at radius 2 is 1.76 bits per heavy atom. The number of hydrogen-bond donors (Lipinski definition) is 2. The third-order valence-corrected chi connectivity index (χ3v) is 4.47. The lowest BCUT2D eigenvalue weighted by Gasteiger charge is -2.10. The molecule has 6 nitrogen and oxygen atoms in total. The van der Waals surface area contributed by atoms with Gasteiger partial charge in [0.1, 0.15) is 17.3 Å². The van der Waals surface area contributed by atoms with Crippen LogP contribution in [0.15, 0.2) is 66.9 Å². The minimum Gasteiger partial charge on any atom is -0.497 e. The van der Waals surface area contributed by atoms with Gasteiger partial charge in [-0.25, -0.2) is 4.98 Å². The first-order valence-electron chi connectivity index (χ1n) is 9.42. The Bertz CT molecular complexity index is 925. The Kier molecular flexibility index (Phi) is 7.05. The number of carbonyl (C=O) groups excluding carboxylic acids is 1. The lowest BCUT2D eigenvalue weighted by molar-refractivity contribution is -0.115. The van der Waals surface area contributed by atoms with Crippen LogP contribution >= 0.6 is 0 Å². The number of amides is 1. The Morgan fingerprint density at radius 3 is 2.45 bits per heavy atom. The smallest absolute Gasteiger partial charge is 0.229 e. The van der Waals surface area contributed by atoms with Gasteiger partial charge in [0, 0.05) is 6.54 Å². The van der Waals surface area contributed by atoms with Crippen molar-refractivity contribution in [2.45, 2.75) is 12.8 Å². The van der Waals surface area contributed by atoms with Crippen LogP contribution in [0.5, 0.6) is 11.5 Å². The molecule has 29 heavy (non-hydrogen) atoms. The van der Waals surface area contributed by atoms with Crippen molar-refractivity contribution in [2.24, 2.45) is 0 Å². The number of hydrogen-bond acceptors (Lipinski definition) is 5. The fourth-order valence-corrected chi connectivity index (χ4v) is 2.94. The van der Waals surface area contributed by atoms with Crippen molar-refractivity contribution in [3.05, 3.63) is 78.0 Å². The van der Waals surface area contributed by atoms with Crippen molar-refractivity contribution in [1.29, 1.82) is 0 Å². The highest BCUT2D eigenvalue weighted by molar-refractivity contribution is 5.91. The quantitative estimate of drug-likeness (QED) is 0.578. The van der Waals surface area contributed by atoms with Crippen LogP contribution in [0.25, 0.3) is 0 Å². The fraction of sp³-hybridized carbons (Fsp3) is 0.217. The van der Waals surface area contributed by atoms with Crippen LogP contribution in [-0.2, 0) is 17.6 Å². The molecule has 0 unspecified atom stereocenters. The number of para-hydroxylation sites is 1. The van der Waals surface area contributed by atoms with Crippen LogP contribution in [0.3, 0.4) is 0 Å². The van der Waals surface area contributed by atoms with Gasteiger partial charge in [-0.3, -0.25) is 4.79 Å². The summed E-state index contributed by atoms with van der Waals surface area (Å²) in [5.41, 5.74) is 2.96. The molecule has 1 aromatic heterocycles. The predicted octanol–water partition coefficient (Wildman–Crippen LogP) is 3.93. The molecular formula is C23H25N3O3. The summed E-state index contributed by atoms with van der Waals surface area (Å²) in [7, 11) is 3.29. The summed E-state index contributed by atoms with van der Waals surface area (Å²) >= 11 is 0. The van der Waals surface area contributed by atoms with E-state index in [0.29, 0.717) is 5.82 Å². The summed E-state index contributed by atoms with van der Waals surface area (Å²) in [6, 6.07) is 19.1. The van der Waals surface area contributed by atoms with Crippen molar-refractivity contribution in [2.75, 3.05) is 31.4 Å². The highest BCUT2D eigenvalue weighted by atomic mass is 16.5. The van der Waals surface area contributed by atoms with E-state index in [-0.39, 0.29) is 12.3 Å². The maximum Gasteiger partial charge on any atom is 0.229 e. The third kappa shape index (κ3) is 5.97. The zero-order chi connectivity index (χ0) is 20.5. The fourth-order valence-electron chi connectivity index (χ4n) is 2.94. The van der Waals surface area contributed by atoms with Crippen molar-refractivity contribution < 1.29 is 14.3 Å². The second-order valence-corrected chi connectivity index (χ2v) is 6.49. The normalized spacial score (nSPS) is 10.3. The number of methoxy groups -OCH3 is 2. The molecule has 2 aromatic carbocycles. The van der Waals surface area contributed by atoms with Crippen LogP contribution in [0, 0.1) is 0 Å². The zero-order valence-electron chi connectivity index (χ0n) is 16.6. The average Bonchev–Trinajstić information content (AvgIpc) is 2.76. The van der Waals surface area contributed by atoms with Crippen LogP contribution in [0.2, 0.25) is 0 Å². The minimum absolute atomic E-state index is 0.112. The van der Waals surface area contributed by atoms with Gasteiger partial charge in [-0.2, -0.15) is 0 Å². The predicted molar refractivity (Wildman–Crippen MR) is 115 cm³/mol. The molecule has 3 rings (SSSR count). The number of benzene rings is 2. The number of nitrogens with zero attached hydrogens (tertiary/aromatic N) is 1. The van der Waals surface area contributed by atoms with Crippen LogP contribution < -0.4 is 20.1 Å². The van der Waals surface area contributed by atoms with Crippen molar-refractivity contribution in [1.82, 2.24) is 4.98 Å². The summed E-state index contributed by atoms with van der Waals surface area (Å²) in [5, 5.41) is 6.15. The number of nitrogens with one attached hydrogen (secondary N) is 2. The zero-order valence-corrected chi connectivity index (χ0v) is 16.6. The molecule has 1 heterocycles. The summed E-state index contributed by atoms with van der Waals surface area (Å²) in [6.07, 6.45) is 2.83. The van der Waals surface area contributed by atoms with Gasteiger partial charge >= 0.3 is 0 Å². The molecule has 0 saturated carbocycles. The number of carbonyl (C=O) groups is 1. The van der Waals surface area contributed by atoms with Crippen LogP contribution in [0.4, 0.5) is 11.5 Å². The molecule has 0 fully saturated rings. The topological polar surface area (TPSA) is 72.5 Å². The number of ether oxygens (including phenoxy) is 2. The van der Waals surface area contributed by atoms with E-state index in [2.05, 4.69) is 21.7 Å². The summed E-state index contributed by atoms with van der Waals surface area (Å²) < 4.78 is 10.5. The van der Waals surface area contributed by atoms with Gasteiger partial charge in [-0.1, -0.05) is 30.3 Å². The Hall–Kier alpha value is -3.54. The molecule has 150 valence electrons. The average molecular weight is 391 g/mol. The van der Waals surface area contributed by atoms with Gasteiger partial charge < -0.3 is 20.1 Å². The molecule has 2 N–H and O–H groups in total. The Morgan fingerprint density at radius 1 is 0.966 bits per heavy atom. The second-order valence-electron chi connectivity index (χ2n) is 6.49. The maximum atomic E-state index is 12.2. The van der Waals surface area contributed by atoms with Gasteiger partial charge in [0.05, 0.1) is 32.5 Å². The minimum atomic E-state index is -0.112. The second kappa shape index (κ2) is 10.1. The Balaban J connectivity index is 1.47. The number of aromatic nitrogens is 1. The SMILES string of the molecule is COc1ccc(CC(=O)Nc2ccc(NCCc3ccccc3OC)cn2)cc1. The Labute approximate surface area is 170 Å². The maximum absolute atomic E-state index is 12.2. The van der Waals surface area contributed by atoms with E-state index in [0.717, 1.165) is 41.3 Å². The molecule has 1 amide bonds. The number of anilines is 2. The molecule has 0 bridgehead atoms. The monoisotopic (exact) mass is 391 g/mol. The standard InChI is InChI=1S/C23H25N3O3/c1-28-20-10-7-17(8-11-20)15-23(27)26-22-12-9-19(16-25-22)24-14-13-18-5-3-4-6-21(18)29-2/h3-12,16,24H,13-15H2,1-2H3,(H,25,26,27). The lowest BCUT2D eigenvalue weighted by atomic mass is 10.1. The molecule has 0 saturated heterocycles. The first kappa shape index (κ1) is 20.2. The van der Waals surface area contributed by atoms with Crippen LogP contribution in [0.1, 0.15) is 11.1 Å². The van der Waals surface area contributed by atoms with E-state index in [1.807, 2.05) is 48.5 Å². The molecule has 0 aliphatic carbocycles. The molecule has 0 aliphatic heterocycles. The van der Waals surface area contributed by atoms with E-state index < -0.39 is 0 Å². The molecule has 0 aliphatic rings. The van der Waals surface area contributed by atoms with E-state index >= 15 is 0 Å². The summed E-state index contributed by atoms with van der Waals surface area (Å²) in [4.78, 5) is 16.5. The van der Waals surface area contributed by atoms with Crippen molar-refractivity contribution in [3.63, 3.8) is 0 Å².